The predicted molar refractivity (Wildman–Crippen MR) is 193 cm³/mol. The Morgan fingerprint density at radius 2 is 0.674 bits per heavy atom. The monoisotopic (exact) mass is 602 g/mol. The Labute approximate surface area is 272 Å². The number of rotatable bonds is 35. The molecule has 0 fully saturated rings. The number of aryl methyl sites for hydroxylation is 2. The molecule has 1 heterocycles. The van der Waals surface area contributed by atoms with Gasteiger partial charge in [-0.1, -0.05) is 206 Å². The first-order valence-corrected chi connectivity index (χ1v) is 20.3. The van der Waals surface area contributed by atoms with Crippen molar-refractivity contribution in [2.24, 2.45) is 7.05 Å². The predicted octanol–water partition coefficient (Wildman–Crippen LogP) is 13.8. The molecule has 0 aliphatic rings. The number of hydrogen-bond acceptors (Lipinski definition) is 0. The van der Waals surface area contributed by atoms with Crippen LogP contribution >= 0.6 is 0 Å². The first-order chi connectivity index (χ1) is 21.3. The maximum Gasteiger partial charge on any atom is 0.256 e. The van der Waals surface area contributed by atoms with Gasteiger partial charge in [-0.2, -0.15) is 0 Å². The molecule has 0 saturated carbocycles. The molecule has 0 amide bonds. The van der Waals surface area contributed by atoms with Crippen LogP contribution in [-0.4, -0.2) is 4.57 Å². The third kappa shape index (κ3) is 26.2. The van der Waals surface area contributed by atoms with Gasteiger partial charge in [-0.25, -0.2) is 9.13 Å². The van der Waals surface area contributed by atoms with Crippen LogP contribution in [0.4, 0.5) is 0 Å². The normalized spacial score (nSPS) is 11.6. The highest BCUT2D eigenvalue weighted by Crippen LogP contribution is 2.16. The first-order valence-electron chi connectivity index (χ1n) is 20.3. The Bertz CT molecular complexity index is 663. The van der Waals surface area contributed by atoms with E-state index in [-0.39, 0.29) is 0 Å². The molecule has 254 valence electrons. The van der Waals surface area contributed by atoms with Gasteiger partial charge in [0.1, 0.15) is 12.4 Å². The van der Waals surface area contributed by atoms with E-state index in [1.54, 1.807) is 5.82 Å². The minimum absolute atomic E-state index is 1.22. The summed E-state index contributed by atoms with van der Waals surface area (Å²) in [5.41, 5.74) is 0. The zero-order chi connectivity index (χ0) is 30.9. The van der Waals surface area contributed by atoms with E-state index in [2.05, 4.69) is 42.4 Å². The second-order valence-corrected chi connectivity index (χ2v) is 14.2. The van der Waals surface area contributed by atoms with Crippen LogP contribution in [-0.2, 0) is 20.0 Å². The molecule has 0 aliphatic carbocycles. The van der Waals surface area contributed by atoms with Crippen molar-refractivity contribution < 1.29 is 4.57 Å². The topological polar surface area (TPSA) is 8.81 Å². The van der Waals surface area contributed by atoms with E-state index < -0.39 is 0 Å². The van der Waals surface area contributed by atoms with Crippen molar-refractivity contribution in [3.05, 3.63) is 18.2 Å². The van der Waals surface area contributed by atoms with Crippen molar-refractivity contribution >= 4 is 0 Å². The van der Waals surface area contributed by atoms with E-state index in [0.29, 0.717) is 0 Å². The van der Waals surface area contributed by atoms with Gasteiger partial charge in [0, 0.05) is 6.42 Å². The fourth-order valence-corrected chi connectivity index (χ4v) is 6.92. The summed E-state index contributed by atoms with van der Waals surface area (Å²) in [7, 11) is 2.24. The molecule has 0 N–H and O–H groups in total. The lowest BCUT2D eigenvalue weighted by molar-refractivity contribution is -0.678. The van der Waals surface area contributed by atoms with Crippen LogP contribution < -0.4 is 4.57 Å². The van der Waals surface area contributed by atoms with Crippen molar-refractivity contribution in [1.29, 1.82) is 0 Å². The molecule has 2 heteroatoms. The minimum Gasteiger partial charge on any atom is -0.237 e. The molecular weight excluding hydrogens is 520 g/mol. The molecule has 0 spiro atoms. The fraction of sp³-hybridized carbons (Fsp3) is 0.927. The maximum atomic E-state index is 2.55. The summed E-state index contributed by atoms with van der Waals surface area (Å²) in [5, 5.41) is 0. The molecule has 0 aliphatic heterocycles. The molecule has 0 atom stereocenters. The molecule has 0 saturated heterocycles. The highest BCUT2D eigenvalue weighted by Gasteiger charge is 2.13. The van der Waals surface area contributed by atoms with E-state index in [1.807, 2.05) is 0 Å². The van der Waals surface area contributed by atoms with Crippen molar-refractivity contribution in [2.75, 3.05) is 0 Å². The van der Waals surface area contributed by atoms with Gasteiger partial charge < -0.3 is 0 Å². The number of aromatic nitrogens is 2. The average molecular weight is 602 g/mol. The summed E-state index contributed by atoms with van der Waals surface area (Å²) in [5.74, 6) is 1.54. The third-order valence-electron chi connectivity index (χ3n) is 9.97. The average Bonchev–Trinajstić information content (AvgIpc) is 3.37. The summed E-state index contributed by atoms with van der Waals surface area (Å²) < 4.78 is 4.93. The van der Waals surface area contributed by atoms with Crippen molar-refractivity contribution in [3.8, 4) is 0 Å². The van der Waals surface area contributed by atoms with Crippen LogP contribution in [0.2, 0.25) is 0 Å². The Kier molecular flexibility index (Phi) is 30.5. The lowest BCUT2D eigenvalue weighted by atomic mass is 10.0. The number of nitrogens with zero attached hydrogens (tertiary/aromatic N) is 2. The first kappa shape index (κ1) is 40.2. The lowest BCUT2D eigenvalue weighted by Gasteiger charge is -2.05. The SMILES string of the molecule is CCCCCCCCCCCCCCCCCCCn1cc[n+](C)c1CCCCCCCCCCCCCCCCCC. The van der Waals surface area contributed by atoms with Gasteiger partial charge in [0.15, 0.2) is 0 Å². The molecule has 0 unspecified atom stereocenters. The molecule has 43 heavy (non-hydrogen) atoms. The van der Waals surface area contributed by atoms with Crippen LogP contribution in [0.3, 0.4) is 0 Å². The summed E-state index contributed by atoms with van der Waals surface area (Å²) in [6.07, 6.45) is 53.6. The Morgan fingerprint density at radius 1 is 0.395 bits per heavy atom. The standard InChI is InChI=1S/C41H81N2/c1-4-6-8-10-12-14-16-18-20-22-24-26-28-30-32-34-36-38-43-40-39-42(3)41(43)37-35-33-31-29-27-25-23-21-19-17-15-13-11-9-7-5-2/h39-40H,4-38H2,1-3H3/q+1. The van der Waals surface area contributed by atoms with Crippen LogP contribution in [0.5, 0.6) is 0 Å². The number of hydrogen-bond donors (Lipinski definition) is 0. The Hall–Kier alpha value is -0.790. The van der Waals surface area contributed by atoms with Gasteiger partial charge >= 0.3 is 0 Å². The molecule has 0 bridgehead atoms. The van der Waals surface area contributed by atoms with Crippen LogP contribution in [0.25, 0.3) is 0 Å². The van der Waals surface area contributed by atoms with Gasteiger partial charge in [-0.05, 0) is 19.3 Å². The summed E-state index contributed by atoms with van der Waals surface area (Å²) >= 11 is 0. The molecule has 0 radical (unpaired) electrons. The molecule has 1 aromatic rings. The van der Waals surface area contributed by atoms with Crippen molar-refractivity contribution in [3.63, 3.8) is 0 Å². The minimum atomic E-state index is 1.22. The molecule has 0 aromatic carbocycles. The number of unbranched alkanes of at least 4 members (excludes halogenated alkanes) is 31. The van der Waals surface area contributed by atoms with Gasteiger partial charge in [0.25, 0.3) is 5.82 Å². The lowest BCUT2D eigenvalue weighted by Crippen LogP contribution is -2.32. The number of imidazole rings is 1. The van der Waals surface area contributed by atoms with E-state index >= 15 is 0 Å². The molecule has 1 rings (SSSR count). The van der Waals surface area contributed by atoms with E-state index in [9.17, 15) is 0 Å². The zero-order valence-electron chi connectivity index (χ0n) is 30.3. The largest absolute Gasteiger partial charge is 0.256 e. The van der Waals surface area contributed by atoms with Crippen LogP contribution in [0, 0.1) is 0 Å². The maximum absolute atomic E-state index is 2.55. The van der Waals surface area contributed by atoms with Crippen LogP contribution in [0.1, 0.15) is 232 Å². The van der Waals surface area contributed by atoms with E-state index in [4.69, 9.17) is 0 Å². The van der Waals surface area contributed by atoms with Gasteiger partial charge in [-0.3, -0.25) is 0 Å². The van der Waals surface area contributed by atoms with E-state index in [1.165, 1.54) is 225 Å². The Balaban J connectivity index is 1.88. The fourth-order valence-electron chi connectivity index (χ4n) is 6.92. The summed E-state index contributed by atoms with van der Waals surface area (Å²) in [4.78, 5) is 0. The Morgan fingerprint density at radius 3 is 1.00 bits per heavy atom. The summed E-state index contributed by atoms with van der Waals surface area (Å²) in [6, 6.07) is 0. The summed E-state index contributed by atoms with van der Waals surface area (Å²) in [6.45, 7) is 5.83. The van der Waals surface area contributed by atoms with Crippen molar-refractivity contribution in [2.45, 2.75) is 239 Å². The van der Waals surface area contributed by atoms with Gasteiger partial charge in [0.05, 0.1) is 13.6 Å². The highest BCUT2D eigenvalue weighted by atomic mass is 15.1. The smallest absolute Gasteiger partial charge is 0.237 e. The second kappa shape index (κ2) is 32.6. The molecule has 1 aromatic heterocycles. The van der Waals surface area contributed by atoms with E-state index in [0.717, 1.165) is 0 Å². The highest BCUT2D eigenvalue weighted by molar-refractivity contribution is 4.84. The molecular formula is C41H81N2+. The van der Waals surface area contributed by atoms with Crippen molar-refractivity contribution in [1.82, 2.24) is 4.57 Å². The third-order valence-corrected chi connectivity index (χ3v) is 9.97. The second-order valence-electron chi connectivity index (χ2n) is 14.2. The van der Waals surface area contributed by atoms with Gasteiger partial charge in [-0.15, -0.1) is 0 Å². The quantitative estimate of drug-likeness (QED) is 0.0540. The van der Waals surface area contributed by atoms with Gasteiger partial charge in [0.2, 0.25) is 0 Å². The van der Waals surface area contributed by atoms with Crippen LogP contribution in [0.15, 0.2) is 12.4 Å². The molecule has 2 nitrogen and oxygen atoms in total. The zero-order valence-corrected chi connectivity index (χ0v) is 30.3.